The third kappa shape index (κ3) is 2.76. The first kappa shape index (κ1) is 11.9. The minimum Gasteiger partial charge on any atom is -0.464 e. The Morgan fingerprint density at radius 3 is 2.78 bits per heavy atom. The summed E-state index contributed by atoms with van der Waals surface area (Å²) in [7, 11) is 1.32. The number of hydrogen-bond donors (Lipinski definition) is 2. The van der Waals surface area contributed by atoms with Gasteiger partial charge in [-0.15, -0.1) is 0 Å². The minimum atomic E-state index is -0.466. The van der Waals surface area contributed by atoms with Crippen LogP contribution < -0.4 is 11.1 Å². The minimum absolute atomic E-state index is 0.256. The van der Waals surface area contributed by atoms with Crippen LogP contribution in [0.25, 0.3) is 0 Å². The van der Waals surface area contributed by atoms with E-state index in [2.05, 4.69) is 15.0 Å². The third-order valence-electron chi connectivity index (χ3n) is 2.33. The SMILES string of the molecule is COC(=O)c1cc(Nc2cccc(N)c2)ccn1. The van der Waals surface area contributed by atoms with Gasteiger partial charge in [-0.3, -0.25) is 0 Å². The van der Waals surface area contributed by atoms with Crippen LogP contribution in [0.15, 0.2) is 42.6 Å². The van der Waals surface area contributed by atoms with Crippen LogP contribution in [0.4, 0.5) is 17.1 Å². The molecule has 92 valence electrons. The highest BCUT2D eigenvalue weighted by atomic mass is 16.5. The van der Waals surface area contributed by atoms with E-state index in [9.17, 15) is 4.79 Å². The van der Waals surface area contributed by atoms with Gasteiger partial charge in [0.15, 0.2) is 0 Å². The lowest BCUT2D eigenvalue weighted by atomic mass is 10.2. The van der Waals surface area contributed by atoms with E-state index in [0.29, 0.717) is 5.69 Å². The molecule has 0 spiro atoms. The zero-order valence-electron chi connectivity index (χ0n) is 9.88. The van der Waals surface area contributed by atoms with Gasteiger partial charge in [-0.2, -0.15) is 0 Å². The summed E-state index contributed by atoms with van der Waals surface area (Å²) >= 11 is 0. The van der Waals surface area contributed by atoms with Gasteiger partial charge < -0.3 is 15.8 Å². The lowest BCUT2D eigenvalue weighted by Crippen LogP contribution is -2.04. The number of benzene rings is 1. The zero-order chi connectivity index (χ0) is 13.0. The molecule has 0 aliphatic carbocycles. The molecule has 0 fully saturated rings. The fourth-order valence-corrected chi connectivity index (χ4v) is 1.51. The van der Waals surface area contributed by atoms with E-state index >= 15 is 0 Å². The second-order valence-electron chi connectivity index (χ2n) is 3.67. The van der Waals surface area contributed by atoms with Crippen LogP contribution in [0, 0.1) is 0 Å². The van der Waals surface area contributed by atoms with Crippen molar-refractivity contribution in [2.75, 3.05) is 18.2 Å². The number of nitrogen functional groups attached to an aromatic ring is 1. The summed E-state index contributed by atoms with van der Waals surface area (Å²) < 4.78 is 4.61. The summed E-state index contributed by atoms with van der Waals surface area (Å²) in [6, 6.07) is 10.7. The molecule has 1 aromatic heterocycles. The van der Waals surface area contributed by atoms with Crippen LogP contribution in [-0.2, 0) is 4.74 Å². The number of nitrogens with one attached hydrogen (secondary N) is 1. The summed E-state index contributed by atoms with van der Waals surface area (Å²) in [5.74, 6) is -0.466. The summed E-state index contributed by atoms with van der Waals surface area (Å²) in [6.07, 6.45) is 1.54. The lowest BCUT2D eigenvalue weighted by molar-refractivity contribution is 0.0594. The Balaban J connectivity index is 2.22. The Bertz CT molecular complexity index is 570. The van der Waals surface area contributed by atoms with Gasteiger partial charge >= 0.3 is 5.97 Å². The predicted molar refractivity (Wildman–Crippen MR) is 69.7 cm³/mol. The Hall–Kier alpha value is -2.56. The number of ether oxygens (including phenoxy) is 1. The molecule has 0 saturated heterocycles. The van der Waals surface area contributed by atoms with Gasteiger partial charge in [0.2, 0.25) is 0 Å². The first-order valence-corrected chi connectivity index (χ1v) is 5.36. The van der Waals surface area contributed by atoms with Gasteiger partial charge in [0.1, 0.15) is 5.69 Å². The van der Waals surface area contributed by atoms with Gasteiger partial charge in [-0.1, -0.05) is 6.07 Å². The molecule has 3 N–H and O–H groups in total. The Morgan fingerprint density at radius 1 is 1.28 bits per heavy atom. The van der Waals surface area contributed by atoms with Crippen LogP contribution in [0.1, 0.15) is 10.5 Å². The van der Waals surface area contributed by atoms with E-state index in [4.69, 9.17) is 5.73 Å². The second-order valence-corrected chi connectivity index (χ2v) is 3.67. The number of hydrogen-bond acceptors (Lipinski definition) is 5. The summed E-state index contributed by atoms with van der Waals surface area (Å²) in [5, 5.41) is 3.14. The normalized spacial score (nSPS) is 9.83. The van der Waals surface area contributed by atoms with Gasteiger partial charge in [-0.25, -0.2) is 9.78 Å². The van der Waals surface area contributed by atoms with E-state index in [1.807, 2.05) is 12.1 Å². The van der Waals surface area contributed by atoms with Gasteiger partial charge in [0.05, 0.1) is 7.11 Å². The van der Waals surface area contributed by atoms with E-state index in [1.165, 1.54) is 7.11 Å². The van der Waals surface area contributed by atoms with Crippen molar-refractivity contribution in [1.82, 2.24) is 4.98 Å². The molecule has 0 amide bonds. The van der Waals surface area contributed by atoms with Crippen LogP contribution in [-0.4, -0.2) is 18.1 Å². The van der Waals surface area contributed by atoms with Crippen molar-refractivity contribution in [3.8, 4) is 0 Å². The maximum absolute atomic E-state index is 11.3. The lowest BCUT2D eigenvalue weighted by Gasteiger charge is -2.07. The maximum Gasteiger partial charge on any atom is 0.356 e. The topological polar surface area (TPSA) is 77.2 Å². The predicted octanol–water partition coefficient (Wildman–Crippen LogP) is 2.19. The van der Waals surface area contributed by atoms with E-state index in [-0.39, 0.29) is 5.69 Å². The van der Waals surface area contributed by atoms with Crippen molar-refractivity contribution in [3.05, 3.63) is 48.3 Å². The molecule has 0 aliphatic rings. The maximum atomic E-state index is 11.3. The molecule has 5 heteroatoms. The first-order chi connectivity index (χ1) is 8.69. The highest BCUT2D eigenvalue weighted by Gasteiger charge is 2.07. The van der Waals surface area contributed by atoms with Crippen molar-refractivity contribution in [3.63, 3.8) is 0 Å². The number of carbonyl (C=O) groups excluding carboxylic acids is 1. The number of carbonyl (C=O) groups is 1. The van der Waals surface area contributed by atoms with Gasteiger partial charge in [-0.05, 0) is 30.3 Å². The number of methoxy groups -OCH3 is 1. The van der Waals surface area contributed by atoms with Crippen molar-refractivity contribution in [2.45, 2.75) is 0 Å². The van der Waals surface area contributed by atoms with Crippen LogP contribution in [0.5, 0.6) is 0 Å². The highest BCUT2D eigenvalue weighted by molar-refractivity contribution is 5.88. The summed E-state index contributed by atoms with van der Waals surface area (Å²) in [4.78, 5) is 15.3. The van der Waals surface area contributed by atoms with E-state index in [0.717, 1.165) is 11.4 Å². The molecular weight excluding hydrogens is 230 g/mol. The zero-order valence-corrected chi connectivity index (χ0v) is 9.88. The second kappa shape index (κ2) is 5.18. The fraction of sp³-hybridized carbons (Fsp3) is 0.0769. The van der Waals surface area contributed by atoms with Crippen LogP contribution in [0.2, 0.25) is 0 Å². The van der Waals surface area contributed by atoms with Gasteiger partial charge in [0, 0.05) is 23.3 Å². The quantitative estimate of drug-likeness (QED) is 0.638. The summed E-state index contributed by atoms with van der Waals surface area (Å²) in [5.41, 5.74) is 8.20. The van der Waals surface area contributed by atoms with Crippen molar-refractivity contribution >= 4 is 23.0 Å². The largest absolute Gasteiger partial charge is 0.464 e. The standard InChI is InChI=1S/C13H13N3O2/c1-18-13(17)12-8-11(5-6-15-12)16-10-4-2-3-9(14)7-10/h2-8H,14H2,1H3,(H,15,16). The Labute approximate surface area is 105 Å². The van der Waals surface area contributed by atoms with E-state index < -0.39 is 5.97 Å². The van der Waals surface area contributed by atoms with Gasteiger partial charge in [0.25, 0.3) is 0 Å². The average Bonchev–Trinajstić information content (AvgIpc) is 2.38. The van der Waals surface area contributed by atoms with E-state index in [1.54, 1.807) is 30.5 Å². The molecule has 0 saturated carbocycles. The fourth-order valence-electron chi connectivity index (χ4n) is 1.51. The van der Waals surface area contributed by atoms with Crippen molar-refractivity contribution in [1.29, 1.82) is 0 Å². The molecule has 0 radical (unpaired) electrons. The molecule has 0 unspecified atom stereocenters. The number of aromatic nitrogens is 1. The Morgan fingerprint density at radius 2 is 2.06 bits per heavy atom. The smallest absolute Gasteiger partial charge is 0.356 e. The molecule has 0 atom stereocenters. The highest BCUT2D eigenvalue weighted by Crippen LogP contribution is 2.18. The number of anilines is 3. The van der Waals surface area contributed by atoms with Crippen molar-refractivity contribution < 1.29 is 9.53 Å². The average molecular weight is 243 g/mol. The molecule has 18 heavy (non-hydrogen) atoms. The monoisotopic (exact) mass is 243 g/mol. The Kier molecular flexibility index (Phi) is 3.43. The van der Waals surface area contributed by atoms with Crippen LogP contribution >= 0.6 is 0 Å². The number of pyridine rings is 1. The number of esters is 1. The molecule has 5 nitrogen and oxygen atoms in total. The number of nitrogens with two attached hydrogens (primary N) is 1. The molecule has 1 heterocycles. The molecule has 0 bridgehead atoms. The third-order valence-corrected chi connectivity index (χ3v) is 2.33. The molecular formula is C13H13N3O2. The molecule has 2 aromatic rings. The molecule has 0 aliphatic heterocycles. The van der Waals surface area contributed by atoms with Crippen molar-refractivity contribution in [2.24, 2.45) is 0 Å². The molecule has 2 rings (SSSR count). The number of rotatable bonds is 3. The molecule has 1 aromatic carbocycles. The summed E-state index contributed by atoms with van der Waals surface area (Å²) in [6.45, 7) is 0. The number of nitrogens with zero attached hydrogens (tertiary/aromatic N) is 1. The first-order valence-electron chi connectivity index (χ1n) is 5.36. The van der Waals surface area contributed by atoms with Crippen LogP contribution in [0.3, 0.4) is 0 Å².